The van der Waals surface area contributed by atoms with E-state index in [2.05, 4.69) is 4.98 Å². The molecule has 3 aromatic carbocycles. The van der Waals surface area contributed by atoms with Crippen molar-refractivity contribution in [3.8, 4) is 5.75 Å². The number of sulfonamides is 1. The van der Waals surface area contributed by atoms with Gasteiger partial charge < -0.3 is 9.72 Å². The molecule has 1 aromatic heterocycles. The molecule has 32 heavy (non-hydrogen) atoms. The number of nitrogens with one attached hydrogen (secondary N) is 1. The number of hydrogen-bond acceptors (Lipinski definition) is 4. The van der Waals surface area contributed by atoms with Gasteiger partial charge in [0.2, 0.25) is 0 Å². The molecule has 164 valence electrons. The van der Waals surface area contributed by atoms with Gasteiger partial charge in [0.1, 0.15) is 5.75 Å². The second kappa shape index (κ2) is 8.51. The van der Waals surface area contributed by atoms with Gasteiger partial charge in [-0.15, -0.1) is 0 Å². The molecule has 4 aromatic rings. The summed E-state index contributed by atoms with van der Waals surface area (Å²) in [6, 6.07) is 20.9. The van der Waals surface area contributed by atoms with Gasteiger partial charge in [-0.25, -0.2) is 8.42 Å². The highest BCUT2D eigenvalue weighted by Crippen LogP contribution is 2.30. The summed E-state index contributed by atoms with van der Waals surface area (Å²) in [5.41, 5.74) is 2.93. The van der Waals surface area contributed by atoms with Gasteiger partial charge in [0.25, 0.3) is 15.6 Å². The number of H-pyrrole nitrogens is 1. The van der Waals surface area contributed by atoms with E-state index in [1.54, 1.807) is 55.6 Å². The Labute approximate surface area is 187 Å². The first-order chi connectivity index (χ1) is 15.3. The molecular formula is C25H24N2O4S. The molecule has 1 heterocycles. The predicted molar refractivity (Wildman–Crippen MR) is 127 cm³/mol. The van der Waals surface area contributed by atoms with Crippen LogP contribution in [0.15, 0.2) is 82.5 Å². The van der Waals surface area contributed by atoms with Crippen molar-refractivity contribution in [2.75, 3.05) is 11.4 Å². The lowest BCUT2D eigenvalue weighted by atomic mass is 10.1. The van der Waals surface area contributed by atoms with Crippen LogP contribution in [0.1, 0.15) is 16.7 Å². The number of aryl methyl sites for hydroxylation is 2. The Kier molecular flexibility index (Phi) is 5.76. The quantitative estimate of drug-likeness (QED) is 0.469. The van der Waals surface area contributed by atoms with Crippen molar-refractivity contribution in [3.05, 3.63) is 99.8 Å². The first-order valence-electron chi connectivity index (χ1n) is 10.1. The number of methoxy groups -OCH3 is 1. The number of ether oxygens (including phenoxy) is 1. The van der Waals surface area contributed by atoms with Crippen molar-refractivity contribution >= 4 is 26.6 Å². The van der Waals surface area contributed by atoms with Crippen molar-refractivity contribution in [2.24, 2.45) is 0 Å². The van der Waals surface area contributed by atoms with Crippen LogP contribution in [-0.2, 0) is 16.6 Å². The van der Waals surface area contributed by atoms with Crippen LogP contribution in [0.4, 0.5) is 5.69 Å². The number of benzene rings is 3. The van der Waals surface area contributed by atoms with Crippen LogP contribution in [0.3, 0.4) is 0 Å². The zero-order valence-electron chi connectivity index (χ0n) is 18.1. The van der Waals surface area contributed by atoms with Crippen LogP contribution in [0.5, 0.6) is 5.75 Å². The van der Waals surface area contributed by atoms with E-state index >= 15 is 0 Å². The van der Waals surface area contributed by atoms with Gasteiger partial charge in [-0.1, -0.05) is 30.3 Å². The first-order valence-corrected chi connectivity index (χ1v) is 11.6. The molecule has 1 N–H and O–H groups in total. The maximum atomic E-state index is 13.7. The molecule has 7 heteroatoms. The summed E-state index contributed by atoms with van der Waals surface area (Å²) >= 11 is 0. The molecule has 0 aliphatic carbocycles. The van der Waals surface area contributed by atoms with E-state index in [4.69, 9.17) is 4.74 Å². The van der Waals surface area contributed by atoms with Crippen molar-refractivity contribution < 1.29 is 13.2 Å². The van der Waals surface area contributed by atoms with E-state index in [1.165, 1.54) is 4.31 Å². The van der Waals surface area contributed by atoms with Gasteiger partial charge >= 0.3 is 0 Å². The summed E-state index contributed by atoms with van der Waals surface area (Å²) in [7, 11) is -2.35. The number of aromatic amines is 1. The Balaban J connectivity index is 1.89. The zero-order valence-corrected chi connectivity index (χ0v) is 18.9. The third-order valence-electron chi connectivity index (χ3n) is 5.41. The van der Waals surface area contributed by atoms with E-state index in [0.29, 0.717) is 22.5 Å². The van der Waals surface area contributed by atoms with Crippen LogP contribution in [0.2, 0.25) is 0 Å². The molecule has 0 amide bonds. The lowest BCUT2D eigenvalue weighted by molar-refractivity contribution is 0.415. The summed E-state index contributed by atoms with van der Waals surface area (Å²) in [5.74, 6) is 0.652. The second-order valence-electron chi connectivity index (χ2n) is 7.69. The Hall–Kier alpha value is -3.58. The van der Waals surface area contributed by atoms with E-state index in [1.807, 2.05) is 38.1 Å². The third-order valence-corrected chi connectivity index (χ3v) is 7.18. The van der Waals surface area contributed by atoms with E-state index in [-0.39, 0.29) is 17.0 Å². The monoisotopic (exact) mass is 448 g/mol. The minimum Gasteiger partial charge on any atom is -0.497 e. The minimum atomic E-state index is -3.92. The number of hydrogen-bond donors (Lipinski definition) is 1. The lowest BCUT2D eigenvalue weighted by Crippen LogP contribution is -2.33. The maximum absolute atomic E-state index is 13.7. The molecule has 0 fully saturated rings. The molecule has 0 bridgehead atoms. The molecule has 4 rings (SSSR count). The standard InChI is InChI=1S/C25H24N2O4S/c1-17-9-10-18(2)24(13-17)27(32(29,30)22-7-5-4-6-8-22)16-20-14-19-15-21(31-3)11-12-23(19)26-25(20)28/h4-15H,16H2,1-3H3,(H,26,28). The zero-order chi connectivity index (χ0) is 22.9. The molecule has 0 saturated heterocycles. The van der Waals surface area contributed by atoms with Gasteiger partial charge in [-0.2, -0.15) is 0 Å². The molecular weight excluding hydrogens is 424 g/mol. The highest BCUT2D eigenvalue weighted by Gasteiger charge is 2.27. The molecule has 0 saturated carbocycles. The Morgan fingerprint density at radius 3 is 2.41 bits per heavy atom. The third kappa shape index (κ3) is 4.11. The van der Waals surface area contributed by atoms with Gasteiger partial charge in [0.05, 0.1) is 24.2 Å². The Morgan fingerprint density at radius 2 is 1.69 bits per heavy atom. The molecule has 0 radical (unpaired) electrons. The number of aromatic nitrogens is 1. The predicted octanol–water partition coefficient (Wildman–Crippen LogP) is 4.55. The minimum absolute atomic E-state index is 0.107. The van der Waals surface area contributed by atoms with Gasteiger partial charge in [0.15, 0.2) is 0 Å². The smallest absolute Gasteiger partial charge is 0.264 e. The normalized spacial score (nSPS) is 11.5. The maximum Gasteiger partial charge on any atom is 0.264 e. The number of rotatable bonds is 6. The summed E-state index contributed by atoms with van der Waals surface area (Å²) < 4.78 is 33.9. The fourth-order valence-electron chi connectivity index (χ4n) is 3.64. The molecule has 0 aliphatic rings. The topological polar surface area (TPSA) is 79.5 Å². The lowest BCUT2D eigenvalue weighted by Gasteiger charge is -2.26. The van der Waals surface area contributed by atoms with E-state index < -0.39 is 10.0 Å². The van der Waals surface area contributed by atoms with Crippen molar-refractivity contribution in [1.82, 2.24) is 4.98 Å². The average molecular weight is 449 g/mol. The van der Waals surface area contributed by atoms with Crippen molar-refractivity contribution in [3.63, 3.8) is 0 Å². The van der Waals surface area contributed by atoms with Crippen molar-refractivity contribution in [1.29, 1.82) is 0 Å². The first kappa shape index (κ1) is 21.6. The SMILES string of the molecule is COc1ccc2[nH]c(=O)c(CN(c3cc(C)ccc3C)S(=O)(=O)c3ccccc3)cc2c1. The van der Waals surface area contributed by atoms with Crippen LogP contribution in [-0.4, -0.2) is 20.5 Å². The van der Waals surface area contributed by atoms with Gasteiger partial charge in [0, 0.05) is 16.5 Å². The molecule has 6 nitrogen and oxygen atoms in total. The number of nitrogens with zero attached hydrogens (tertiary/aromatic N) is 1. The van der Waals surface area contributed by atoms with Crippen LogP contribution >= 0.6 is 0 Å². The highest BCUT2D eigenvalue weighted by atomic mass is 32.2. The number of fused-ring (bicyclic) bond motifs is 1. The Morgan fingerprint density at radius 1 is 0.938 bits per heavy atom. The Bertz CT molecular complexity index is 1440. The summed E-state index contributed by atoms with van der Waals surface area (Å²) in [5, 5.41) is 0.761. The summed E-state index contributed by atoms with van der Waals surface area (Å²) in [6.45, 7) is 3.66. The van der Waals surface area contributed by atoms with Crippen LogP contribution < -0.4 is 14.6 Å². The highest BCUT2D eigenvalue weighted by molar-refractivity contribution is 7.92. The fourth-order valence-corrected chi connectivity index (χ4v) is 5.16. The molecule has 0 unspecified atom stereocenters. The van der Waals surface area contributed by atoms with E-state index in [9.17, 15) is 13.2 Å². The molecule has 0 atom stereocenters. The summed E-state index contributed by atoms with van der Waals surface area (Å²) in [4.78, 5) is 15.9. The molecule has 0 aliphatic heterocycles. The summed E-state index contributed by atoms with van der Waals surface area (Å²) in [6.07, 6.45) is 0. The molecule has 0 spiro atoms. The fraction of sp³-hybridized carbons (Fsp3) is 0.160. The average Bonchev–Trinajstić information content (AvgIpc) is 2.79. The number of anilines is 1. The second-order valence-corrected chi connectivity index (χ2v) is 9.55. The van der Waals surface area contributed by atoms with Crippen molar-refractivity contribution in [2.45, 2.75) is 25.3 Å². The van der Waals surface area contributed by atoms with Gasteiger partial charge in [-0.3, -0.25) is 9.10 Å². The number of pyridine rings is 1. The van der Waals surface area contributed by atoms with Gasteiger partial charge in [-0.05, 0) is 67.4 Å². The largest absolute Gasteiger partial charge is 0.497 e. The van der Waals surface area contributed by atoms with Crippen LogP contribution in [0.25, 0.3) is 10.9 Å². The van der Waals surface area contributed by atoms with Crippen LogP contribution in [0, 0.1) is 13.8 Å². The van der Waals surface area contributed by atoms with E-state index in [0.717, 1.165) is 16.5 Å².